The number of sulfonamides is 1. The highest BCUT2D eigenvalue weighted by Crippen LogP contribution is 2.35. The topological polar surface area (TPSA) is 75.7 Å². The van der Waals surface area contributed by atoms with Crippen LogP contribution in [-0.2, 0) is 27.7 Å². The molecule has 0 spiro atoms. The Balaban J connectivity index is 1.68. The molecule has 0 radical (unpaired) electrons. The minimum absolute atomic E-state index is 0.00934. The highest BCUT2D eigenvalue weighted by molar-refractivity contribution is 7.89. The molecule has 1 aliphatic carbocycles. The van der Waals surface area contributed by atoms with Crippen LogP contribution >= 0.6 is 0 Å². The number of hydrogen-bond donors (Lipinski definition) is 1. The lowest BCUT2D eigenvalue weighted by molar-refractivity contribution is -0.0258. The standard InChI is InChI=1S/C21H20N2O4S/c1-23(27-2)28(25,26)17-7-3-6-16(13-17)21(24)22-19-12-11-15-10-9-14-5-4-8-18(19)20(14)15/h3-8,11-13H,9-10H2,1-2H3,(H,22,24). The number of nitrogens with one attached hydrogen (secondary N) is 1. The first-order valence-electron chi connectivity index (χ1n) is 8.90. The van der Waals surface area contributed by atoms with E-state index in [1.807, 2.05) is 24.3 Å². The Bertz CT molecular complexity index is 1180. The predicted octanol–water partition coefficient (Wildman–Crippen LogP) is 3.37. The van der Waals surface area contributed by atoms with Gasteiger partial charge >= 0.3 is 0 Å². The molecule has 6 nitrogen and oxygen atoms in total. The maximum Gasteiger partial charge on any atom is 0.264 e. The predicted molar refractivity (Wildman–Crippen MR) is 108 cm³/mol. The van der Waals surface area contributed by atoms with Gasteiger partial charge in [0.25, 0.3) is 15.9 Å². The van der Waals surface area contributed by atoms with Crippen LogP contribution in [0.5, 0.6) is 0 Å². The number of hydroxylamine groups is 1. The first-order chi connectivity index (χ1) is 13.4. The molecule has 1 N–H and O–H groups in total. The molecular formula is C21H20N2O4S. The summed E-state index contributed by atoms with van der Waals surface area (Å²) in [4.78, 5) is 17.6. The van der Waals surface area contributed by atoms with Crippen molar-refractivity contribution in [2.45, 2.75) is 17.7 Å². The van der Waals surface area contributed by atoms with Crippen LogP contribution in [0.2, 0.25) is 0 Å². The van der Waals surface area contributed by atoms with E-state index in [4.69, 9.17) is 4.84 Å². The minimum Gasteiger partial charge on any atom is -0.321 e. The normalized spacial score (nSPS) is 13.2. The molecule has 0 unspecified atom stereocenters. The summed E-state index contributed by atoms with van der Waals surface area (Å²) in [6.45, 7) is 0. The van der Waals surface area contributed by atoms with Gasteiger partial charge in [0.2, 0.25) is 0 Å². The molecule has 144 valence electrons. The van der Waals surface area contributed by atoms with Crippen molar-refractivity contribution in [3.05, 3.63) is 71.3 Å². The largest absolute Gasteiger partial charge is 0.321 e. The second-order valence-corrected chi connectivity index (χ2v) is 8.63. The Labute approximate surface area is 163 Å². The lowest BCUT2D eigenvalue weighted by atomic mass is 10.0. The van der Waals surface area contributed by atoms with Crippen LogP contribution in [-0.4, -0.2) is 33.0 Å². The Morgan fingerprint density at radius 2 is 1.75 bits per heavy atom. The van der Waals surface area contributed by atoms with Gasteiger partial charge in [-0.15, -0.1) is 0 Å². The van der Waals surface area contributed by atoms with Gasteiger partial charge in [-0.25, -0.2) is 8.42 Å². The highest BCUT2D eigenvalue weighted by Gasteiger charge is 2.22. The lowest BCUT2D eigenvalue weighted by Gasteiger charge is -2.15. The molecule has 28 heavy (non-hydrogen) atoms. The van der Waals surface area contributed by atoms with Crippen molar-refractivity contribution < 1.29 is 18.0 Å². The molecule has 7 heteroatoms. The van der Waals surface area contributed by atoms with E-state index in [2.05, 4.69) is 11.4 Å². The molecule has 1 aliphatic rings. The maximum absolute atomic E-state index is 12.8. The van der Waals surface area contributed by atoms with Crippen LogP contribution in [0.15, 0.2) is 59.5 Å². The highest BCUT2D eigenvalue weighted by atomic mass is 32.2. The van der Waals surface area contributed by atoms with Crippen LogP contribution in [0.3, 0.4) is 0 Å². The number of hydrogen-bond acceptors (Lipinski definition) is 4. The van der Waals surface area contributed by atoms with Gasteiger partial charge in [-0.1, -0.05) is 34.8 Å². The summed E-state index contributed by atoms with van der Waals surface area (Å²) in [7, 11) is -1.26. The number of anilines is 1. The molecule has 3 aromatic rings. The van der Waals surface area contributed by atoms with Gasteiger partial charge in [-0.3, -0.25) is 9.63 Å². The smallest absolute Gasteiger partial charge is 0.264 e. The van der Waals surface area contributed by atoms with E-state index in [1.165, 1.54) is 42.8 Å². The maximum atomic E-state index is 12.8. The number of carbonyl (C=O) groups is 1. The van der Waals surface area contributed by atoms with Gasteiger partial charge in [0.05, 0.1) is 12.0 Å². The molecule has 0 heterocycles. The Hall–Kier alpha value is -2.74. The first-order valence-corrected chi connectivity index (χ1v) is 10.3. The Morgan fingerprint density at radius 1 is 1.04 bits per heavy atom. The van der Waals surface area contributed by atoms with Crippen LogP contribution < -0.4 is 5.32 Å². The van der Waals surface area contributed by atoms with Crippen LogP contribution in [0.4, 0.5) is 5.69 Å². The second kappa shape index (κ2) is 7.01. The summed E-state index contributed by atoms with van der Waals surface area (Å²) in [5.41, 5.74) is 3.56. The zero-order valence-corrected chi connectivity index (χ0v) is 16.4. The Morgan fingerprint density at radius 3 is 2.50 bits per heavy atom. The van der Waals surface area contributed by atoms with Crippen molar-refractivity contribution in [1.82, 2.24) is 4.47 Å². The fourth-order valence-corrected chi connectivity index (χ4v) is 4.61. The van der Waals surface area contributed by atoms with Gasteiger partial charge in [-0.05, 0) is 53.6 Å². The lowest BCUT2D eigenvalue weighted by Crippen LogP contribution is -2.26. The molecule has 0 atom stereocenters. The Kier molecular flexibility index (Phi) is 4.66. The van der Waals surface area contributed by atoms with Crippen LogP contribution in [0.25, 0.3) is 10.8 Å². The summed E-state index contributed by atoms with van der Waals surface area (Å²) in [6, 6.07) is 16.0. The van der Waals surface area contributed by atoms with E-state index >= 15 is 0 Å². The van der Waals surface area contributed by atoms with E-state index in [0.717, 1.165) is 28.4 Å². The molecule has 0 aromatic heterocycles. The number of aryl methyl sites for hydroxylation is 2. The molecule has 0 saturated heterocycles. The van der Waals surface area contributed by atoms with E-state index < -0.39 is 10.0 Å². The van der Waals surface area contributed by atoms with Crippen molar-refractivity contribution in [3.8, 4) is 0 Å². The SMILES string of the molecule is CON(C)S(=O)(=O)c1cccc(C(=O)Nc2ccc3c4c(cccc24)CC3)c1. The average Bonchev–Trinajstić information content (AvgIpc) is 3.14. The van der Waals surface area contributed by atoms with Crippen molar-refractivity contribution in [3.63, 3.8) is 0 Å². The molecule has 0 aliphatic heterocycles. The van der Waals surface area contributed by atoms with E-state index in [1.54, 1.807) is 12.1 Å². The van der Waals surface area contributed by atoms with E-state index in [9.17, 15) is 13.2 Å². The summed E-state index contributed by atoms with van der Waals surface area (Å²) in [6.07, 6.45) is 2.02. The fourth-order valence-electron chi connectivity index (χ4n) is 3.59. The molecule has 0 fully saturated rings. The molecule has 0 saturated carbocycles. The van der Waals surface area contributed by atoms with E-state index in [0.29, 0.717) is 0 Å². The zero-order valence-electron chi connectivity index (χ0n) is 15.6. The fraction of sp³-hybridized carbons (Fsp3) is 0.190. The molecule has 1 amide bonds. The zero-order chi connectivity index (χ0) is 19.9. The van der Waals surface area contributed by atoms with Gasteiger partial charge in [0, 0.05) is 23.7 Å². The number of amides is 1. The van der Waals surface area contributed by atoms with Crippen molar-refractivity contribution >= 4 is 32.4 Å². The van der Waals surface area contributed by atoms with Crippen LogP contribution in [0.1, 0.15) is 21.5 Å². The molecule has 0 bridgehead atoms. The second-order valence-electron chi connectivity index (χ2n) is 6.69. The number of benzene rings is 3. The summed E-state index contributed by atoms with van der Waals surface area (Å²) in [5, 5.41) is 5.14. The van der Waals surface area contributed by atoms with Crippen molar-refractivity contribution in [1.29, 1.82) is 0 Å². The minimum atomic E-state index is -3.82. The van der Waals surface area contributed by atoms with Crippen molar-refractivity contribution in [2.75, 3.05) is 19.5 Å². The number of rotatable bonds is 5. The summed E-state index contributed by atoms with van der Waals surface area (Å²) in [5.74, 6) is -0.365. The third-order valence-corrected chi connectivity index (χ3v) is 6.79. The third-order valence-electron chi connectivity index (χ3n) is 5.11. The van der Waals surface area contributed by atoms with E-state index in [-0.39, 0.29) is 16.4 Å². The first kappa shape index (κ1) is 18.6. The summed E-state index contributed by atoms with van der Waals surface area (Å²) < 4.78 is 25.6. The third kappa shape index (κ3) is 3.07. The van der Waals surface area contributed by atoms with Gasteiger partial charge in [0.15, 0.2) is 0 Å². The average molecular weight is 396 g/mol. The van der Waals surface area contributed by atoms with Crippen LogP contribution in [0, 0.1) is 0 Å². The van der Waals surface area contributed by atoms with Crippen molar-refractivity contribution in [2.24, 2.45) is 0 Å². The molecule has 4 rings (SSSR count). The monoisotopic (exact) mass is 396 g/mol. The quantitative estimate of drug-likeness (QED) is 0.671. The molecule has 3 aromatic carbocycles. The van der Waals surface area contributed by atoms with Gasteiger partial charge in [-0.2, -0.15) is 0 Å². The van der Waals surface area contributed by atoms with Gasteiger partial charge < -0.3 is 5.32 Å². The van der Waals surface area contributed by atoms with Gasteiger partial charge in [0.1, 0.15) is 0 Å². The molecular weight excluding hydrogens is 376 g/mol. The summed E-state index contributed by atoms with van der Waals surface area (Å²) >= 11 is 0. The number of nitrogens with zero attached hydrogens (tertiary/aromatic N) is 1. The number of carbonyl (C=O) groups excluding carboxylic acids is 1.